The SMILES string of the molecule is Cc1c(CSc2nc3ccccc3[nH]2)cccc1SCC(=O)NC1CCCC1. The molecule has 0 saturated heterocycles. The van der Waals surface area contributed by atoms with Crippen LogP contribution in [0.3, 0.4) is 0 Å². The van der Waals surface area contributed by atoms with E-state index in [0.717, 1.165) is 34.8 Å². The average Bonchev–Trinajstić information content (AvgIpc) is 3.35. The van der Waals surface area contributed by atoms with Gasteiger partial charge in [0.2, 0.25) is 5.91 Å². The summed E-state index contributed by atoms with van der Waals surface area (Å²) in [6.07, 6.45) is 4.73. The molecule has 1 saturated carbocycles. The lowest BCUT2D eigenvalue weighted by Gasteiger charge is -2.13. The summed E-state index contributed by atoms with van der Waals surface area (Å²) in [7, 11) is 0. The zero-order valence-corrected chi connectivity index (χ0v) is 17.7. The lowest BCUT2D eigenvalue weighted by Crippen LogP contribution is -2.33. The Morgan fingerprint density at radius 3 is 2.79 bits per heavy atom. The number of aromatic nitrogens is 2. The Kier molecular flexibility index (Phi) is 6.27. The Morgan fingerprint density at radius 2 is 1.96 bits per heavy atom. The van der Waals surface area contributed by atoms with E-state index in [1.165, 1.54) is 28.9 Å². The molecule has 1 aliphatic carbocycles. The summed E-state index contributed by atoms with van der Waals surface area (Å²) in [5, 5.41) is 4.11. The van der Waals surface area contributed by atoms with E-state index in [-0.39, 0.29) is 5.91 Å². The van der Waals surface area contributed by atoms with Crippen LogP contribution in [-0.2, 0) is 10.5 Å². The van der Waals surface area contributed by atoms with Gasteiger partial charge in [0.1, 0.15) is 0 Å². The Hall–Kier alpha value is -1.92. The minimum Gasteiger partial charge on any atom is -0.353 e. The van der Waals surface area contributed by atoms with Crippen LogP contribution in [0.1, 0.15) is 36.8 Å². The minimum absolute atomic E-state index is 0.151. The molecule has 0 aliphatic heterocycles. The number of para-hydroxylation sites is 2. The van der Waals surface area contributed by atoms with E-state index in [9.17, 15) is 4.79 Å². The van der Waals surface area contributed by atoms with Crippen LogP contribution in [0, 0.1) is 6.92 Å². The fourth-order valence-corrected chi connectivity index (χ4v) is 5.44. The molecule has 6 heteroatoms. The van der Waals surface area contributed by atoms with Gasteiger partial charge in [-0.15, -0.1) is 11.8 Å². The number of rotatable bonds is 7. The maximum atomic E-state index is 12.2. The van der Waals surface area contributed by atoms with E-state index in [4.69, 9.17) is 0 Å². The van der Waals surface area contributed by atoms with Crippen molar-refractivity contribution in [2.24, 2.45) is 0 Å². The van der Waals surface area contributed by atoms with Crippen LogP contribution in [-0.4, -0.2) is 27.7 Å². The zero-order valence-electron chi connectivity index (χ0n) is 16.0. The number of amides is 1. The van der Waals surface area contributed by atoms with Crippen molar-refractivity contribution in [3.05, 3.63) is 53.6 Å². The van der Waals surface area contributed by atoms with Gasteiger partial charge in [0.25, 0.3) is 0 Å². The van der Waals surface area contributed by atoms with Gasteiger partial charge in [-0.3, -0.25) is 4.79 Å². The summed E-state index contributed by atoms with van der Waals surface area (Å²) in [6.45, 7) is 2.14. The van der Waals surface area contributed by atoms with Gasteiger partial charge in [-0.25, -0.2) is 4.98 Å². The highest BCUT2D eigenvalue weighted by Crippen LogP contribution is 2.29. The Labute approximate surface area is 174 Å². The molecule has 28 heavy (non-hydrogen) atoms. The van der Waals surface area contributed by atoms with Gasteiger partial charge < -0.3 is 10.3 Å². The van der Waals surface area contributed by atoms with E-state index in [0.29, 0.717) is 11.8 Å². The first-order valence-electron chi connectivity index (χ1n) is 9.77. The summed E-state index contributed by atoms with van der Waals surface area (Å²) < 4.78 is 0. The Bertz CT molecular complexity index is 930. The standard InChI is InChI=1S/C22H25N3OS2/c1-15-16(13-28-22-24-18-10-4-5-11-19(18)25-22)7-6-12-20(15)27-14-21(26)23-17-8-2-3-9-17/h4-7,10-12,17H,2-3,8-9,13-14H2,1H3,(H,23,26)(H,24,25). The van der Waals surface area contributed by atoms with Crippen molar-refractivity contribution in [2.75, 3.05) is 5.75 Å². The highest BCUT2D eigenvalue weighted by Gasteiger charge is 2.17. The summed E-state index contributed by atoms with van der Waals surface area (Å²) in [5.74, 6) is 1.49. The molecule has 0 unspecified atom stereocenters. The molecule has 3 aromatic rings. The lowest BCUT2D eigenvalue weighted by molar-refractivity contribution is -0.119. The number of imidazole rings is 1. The van der Waals surface area contributed by atoms with Crippen LogP contribution >= 0.6 is 23.5 Å². The van der Waals surface area contributed by atoms with Crippen molar-refractivity contribution >= 4 is 40.5 Å². The maximum absolute atomic E-state index is 12.2. The van der Waals surface area contributed by atoms with Gasteiger partial charge in [-0.05, 0) is 49.1 Å². The van der Waals surface area contributed by atoms with Crippen molar-refractivity contribution in [1.82, 2.24) is 15.3 Å². The normalized spacial score (nSPS) is 14.6. The van der Waals surface area contributed by atoms with Crippen molar-refractivity contribution < 1.29 is 4.79 Å². The van der Waals surface area contributed by atoms with Crippen molar-refractivity contribution in [3.63, 3.8) is 0 Å². The third-order valence-corrected chi connectivity index (χ3v) is 7.29. The fourth-order valence-electron chi connectivity index (χ4n) is 3.60. The average molecular weight is 412 g/mol. The zero-order chi connectivity index (χ0) is 19.3. The first-order chi connectivity index (χ1) is 13.7. The molecule has 1 aromatic heterocycles. The summed E-state index contributed by atoms with van der Waals surface area (Å²) in [5.41, 5.74) is 4.61. The highest BCUT2D eigenvalue weighted by molar-refractivity contribution is 8.00. The number of hydrogen-bond donors (Lipinski definition) is 2. The van der Waals surface area contributed by atoms with Gasteiger partial charge >= 0.3 is 0 Å². The number of nitrogens with one attached hydrogen (secondary N) is 2. The van der Waals surface area contributed by atoms with E-state index in [1.54, 1.807) is 23.5 Å². The maximum Gasteiger partial charge on any atom is 0.230 e. The van der Waals surface area contributed by atoms with Crippen molar-refractivity contribution in [1.29, 1.82) is 0 Å². The van der Waals surface area contributed by atoms with Crippen molar-refractivity contribution in [3.8, 4) is 0 Å². The van der Waals surface area contributed by atoms with Gasteiger partial charge in [0.05, 0.1) is 16.8 Å². The monoisotopic (exact) mass is 411 g/mol. The number of carbonyl (C=O) groups is 1. The van der Waals surface area contributed by atoms with E-state index in [1.807, 2.05) is 24.3 Å². The van der Waals surface area contributed by atoms with E-state index in [2.05, 4.69) is 40.4 Å². The molecular weight excluding hydrogens is 386 g/mol. The minimum atomic E-state index is 0.151. The van der Waals surface area contributed by atoms with Crippen LogP contribution in [0.25, 0.3) is 11.0 Å². The number of nitrogens with zero attached hydrogens (tertiary/aromatic N) is 1. The van der Waals surface area contributed by atoms with E-state index < -0.39 is 0 Å². The van der Waals surface area contributed by atoms with Gasteiger partial charge in [0, 0.05) is 16.7 Å². The molecule has 2 aromatic carbocycles. The third-order valence-electron chi connectivity index (χ3n) is 5.21. The second-order valence-electron chi connectivity index (χ2n) is 7.23. The van der Waals surface area contributed by atoms with Crippen LogP contribution in [0.15, 0.2) is 52.5 Å². The van der Waals surface area contributed by atoms with Crippen LogP contribution in [0.4, 0.5) is 0 Å². The number of thioether (sulfide) groups is 2. The number of hydrogen-bond acceptors (Lipinski definition) is 4. The van der Waals surface area contributed by atoms with Gasteiger partial charge in [-0.2, -0.15) is 0 Å². The molecule has 2 N–H and O–H groups in total. The molecule has 1 aliphatic rings. The lowest BCUT2D eigenvalue weighted by atomic mass is 10.1. The fraction of sp³-hybridized carbons (Fsp3) is 0.364. The molecule has 0 radical (unpaired) electrons. The molecule has 4 rings (SSSR count). The molecule has 146 valence electrons. The number of carbonyl (C=O) groups excluding carboxylic acids is 1. The van der Waals surface area contributed by atoms with Gasteiger partial charge in [-0.1, -0.05) is 48.9 Å². The van der Waals surface area contributed by atoms with Crippen LogP contribution < -0.4 is 5.32 Å². The summed E-state index contributed by atoms with van der Waals surface area (Å²) in [4.78, 5) is 21.4. The molecule has 0 bridgehead atoms. The third kappa shape index (κ3) is 4.73. The van der Waals surface area contributed by atoms with Gasteiger partial charge in [0.15, 0.2) is 5.16 Å². The molecule has 0 spiro atoms. The molecule has 1 heterocycles. The predicted molar refractivity (Wildman–Crippen MR) is 118 cm³/mol. The number of fused-ring (bicyclic) bond motifs is 1. The second-order valence-corrected chi connectivity index (χ2v) is 9.21. The second kappa shape index (κ2) is 9.05. The van der Waals surface area contributed by atoms with Crippen LogP contribution in [0.2, 0.25) is 0 Å². The molecule has 1 fully saturated rings. The first kappa shape index (κ1) is 19.4. The van der Waals surface area contributed by atoms with E-state index >= 15 is 0 Å². The molecular formula is C22H25N3OS2. The Morgan fingerprint density at radius 1 is 1.14 bits per heavy atom. The first-order valence-corrected chi connectivity index (χ1v) is 11.7. The van der Waals surface area contributed by atoms with Crippen molar-refractivity contribution in [2.45, 2.75) is 54.5 Å². The topological polar surface area (TPSA) is 57.8 Å². The highest BCUT2D eigenvalue weighted by atomic mass is 32.2. The Balaban J connectivity index is 1.35. The molecule has 0 atom stereocenters. The molecule has 4 nitrogen and oxygen atoms in total. The molecule has 1 amide bonds. The summed E-state index contributed by atoms with van der Waals surface area (Å²) in [6, 6.07) is 14.8. The number of benzene rings is 2. The van der Waals surface area contributed by atoms with Crippen LogP contribution in [0.5, 0.6) is 0 Å². The number of H-pyrrole nitrogens is 1. The quantitative estimate of drug-likeness (QED) is 0.517. The number of aromatic amines is 1. The summed E-state index contributed by atoms with van der Waals surface area (Å²) >= 11 is 3.35. The predicted octanol–water partition coefficient (Wildman–Crippen LogP) is 5.31. The largest absolute Gasteiger partial charge is 0.353 e. The smallest absolute Gasteiger partial charge is 0.230 e.